The highest BCUT2D eigenvalue weighted by atomic mass is 19.3. The second kappa shape index (κ2) is 18.0. The Labute approximate surface area is 357 Å². The summed E-state index contributed by atoms with van der Waals surface area (Å²) in [6.07, 6.45) is 5.33. The fourth-order valence-electron chi connectivity index (χ4n) is 8.21. The Bertz CT molecular complexity index is 2530. The van der Waals surface area contributed by atoms with E-state index < -0.39 is 41.0 Å². The lowest BCUT2D eigenvalue weighted by molar-refractivity contribution is -0.207. The van der Waals surface area contributed by atoms with Crippen LogP contribution < -0.4 is 15.5 Å². The maximum absolute atomic E-state index is 16.3. The molecule has 3 atom stereocenters. The van der Waals surface area contributed by atoms with Crippen molar-refractivity contribution in [3.8, 4) is 16.8 Å². The lowest BCUT2D eigenvalue weighted by atomic mass is 9.84. The number of aromatic nitrogens is 4. The lowest BCUT2D eigenvalue weighted by Gasteiger charge is -2.38. The second-order valence-electron chi connectivity index (χ2n) is 15.7. The van der Waals surface area contributed by atoms with Gasteiger partial charge in [0.25, 0.3) is 0 Å². The van der Waals surface area contributed by atoms with Gasteiger partial charge in [0.15, 0.2) is 5.60 Å². The maximum Gasteiger partial charge on any atom is 0.350 e. The number of rotatable bonds is 15. The number of hydrazone groups is 1. The highest BCUT2D eigenvalue weighted by Gasteiger charge is 2.58. The Morgan fingerprint density at radius 2 is 1.45 bits per heavy atom. The van der Waals surface area contributed by atoms with Crippen LogP contribution in [-0.4, -0.2) is 81.0 Å². The summed E-state index contributed by atoms with van der Waals surface area (Å²) in [5, 5.41) is 21.3. The fraction of sp³-hybridized carbons (Fsp3) is 0.319. The average molecular weight is 849 g/mol. The number of pyridine rings is 1. The third kappa shape index (κ3) is 8.59. The van der Waals surface area contributed by atoms with Crippen molar-refractivity contribution in [1.29, 1.82) is 0 Å². The number of benzene rings is 4. The van der Waals surface area contributed by atoms with Crippen LogP contribution in [0.5, 0.6) is 0 Å². The Morgan fingerprint density at radius 1 is 0.806 bits per heavy atom. The van der Waals surface area contributed by atoms with E-state index in [1.54, 1.807) is 10.9 Å². The molecule has 6 aromatic rings. The van der Waals surface area contributed by atoms with Crippen LogP contribution in [0.3, 0.4) is 0 Å². The van der Waals surface area contributed by atoms with Crippen LogP contribution in [0.25, 0.3) is 16.8 Å². The molecule has 4 aromatic carbocycles. The molecule has 1 unspecified atom stereocenters. The first kappa shape index (κ1) is 42.4. The molecule has 2 aliphatic heterocycles. The van der Waals surface area contributed by atoms with Gasteiger partial charge in [-0.2, -0.15) is 19.0 Å². The van der Waals surface area contributed by atoms with Crippen LogP contribution in [0.2, 0.25) is 0 Å². The molecule has 1 N–H and O–H groups in total. The van der Waals surface area contributed by atoms with Gasteiger partial charge in [0.05, 0.1) is 31.0 Å². The summed E-state index contributed by atoms with van der Waals surface area (Å²) in [5.74, 6) is -6.32. The Hall–Kier alpha value is -6.32. The van der Waals surface area contributed by atoms with Crippen LogP contribution in [-0.2, 0) is 22.9 Å². The molecule has 62 heavy (non-hydrogen) atoms. The molecule has 4 heterocycles. The van der Waals surface area contributed by atoms with Crippen molar-refractivity contribution in [2.24, 2.45) is 5.10 Å². The molecule has 2 aliphatic rings. The van der Waals surface area contributed by atoms with Crippen LogP contribution in [0.4, 0.5) is 28.9 Å². The van der Waals surface area contributed by atoms with Crippen molar-refractivity contribution in [1.82, 2.24) is 24.3 Å². The van der Waals surface area contributed by atoms with Gasteiger partial charge in [-0.25, -0.2) is 22.8 Å². The summed E-state index contributed by atoms with van der Waals surface area (Å²) < 4.78 is 70.5. The predicted octanol–water partition coefficient (Wildman–Crippen LogP) is 7.93. The minimum atomic E-state index is -4.07. The minimum Gasteiger partial charge on any atom is -0.377 e. The monoisotopic (exact) mass is 848 g/mol. The topological polar surface area (TPSA) is 104 Å². The minimum absolute atomic E-state index is 0.219. The van der Waals surface area contributed by atoms with Crippen molar-refractivity contribution in [2.45, 2.75) is 57.0 Å². The Morgan fingerprint density at radius 3 is 2.05 bits per heavy atom. The van der Waals surface area contributed by atoms with E-state index in [2.05, 4.69) is 25.0 Å². The van der Waals surface area contributed by atoms with Gasteiger partial charge in [0.2, 0.25) is 0 Å². The van der Waals surface area contributed by atoms with Crippen LogP contribution in [0.1, 0.15) is 49.6 Å². The summed E-state index contributed by atoms with van der Waals surface area (Å²) in [4.78, 5) is 22.1. The third-order valence-corrected chi connectivity index (χ3v) is 11.8. The molecule has 11 nitrogen and oxygen atoms in total. The first-order valence-corrected chi connectivity index (χ1v) is 20.8. The maximum atomic E-state index is 16.3. The number of halogens is 4. The van der Waals surface area contributed by atoms with E-state index in [9.17, 15) is 18.7 Å². The van der Waals surface area contributed by atoms with Gasteiger partial charge in [-0.3, -0.25) is 9.99 Å². The molecule has 2 aromatic heterocycles. The van der Waals surface area contributed by atoms with Crippen LogP contribution >= 0.6 is 0 Å². The van der Waals surface area contributed by atoms with Gasteiger partial charge >= 0.3 is 11.6 Å². The highest BCUT2D eigenvalue weighted by molar-refractivity contribution is 5.66. The number of hydrogen-bond acceptors (Lipinski definition) is 9. The van der Waals surface area contributed by atoms with Crippen molar-refractivity contribution in [3.05, 3.63) is 161 Å². The molecule has 15 heteroatoms. The van der Waals surface area contributed by atoms with Gasteiger partial charge in [0, 0.05) is 80.1 Å². The van der Waals surface area contributed by atoms with Gasteiger partial charge in [-0.15, -0.1) is 0 Å². The van der Waals surface area contributed by atoms with Crippen molar-refractivity contribution < 1.29 is 27.4 Å². The summed E-state index contributed by atoms with van der Waals surface area (Å²) in [7, 11) is 0. The molecule has 0 bridgehead atoms. The number of β-amino-alcohol motifs (C(OH)–C–C–N with tert-alkyl or cyclic N) is 1. The van der Waals surface area contributed by atoms with Crippen molar-refractivity contribution in [3.63, 3.8) is 0 Å². The molecule has 0 saturated carbocycles. The van der Waals surface area contributed by atoms with E-state index in [4.69, 9.17) is 4.74 Å². The Balaban J connectivity index is 0.883. The molecule has 0 radical (unpaired) electrons. The number of hydrogen-bond donors (Lipinski definition) is 1. The van der Waals surface area contributed by atoms with Crippen molar-refractivity contribution in [2.75, 3.05) is 49.1 Å². The van der Waals surface area contributed by atoms with Crippen LogP contribution in [0.15, 0.2) is 132 Å². The summed E-state index contributed by atoms with van der Waals surface area (Å²) >= 11 is 0. The molecule has 8 rings (SSSR count). The first-order valence-electron chi connectivity index (χ1n) is 20.8. The molecule has 0 aliphatic carbocycles. The normalized spacial score (nSPS) is 16.4. The van der Waals surface area contributed by atoms with Gasteiger partial charge in [-0.05, 0) is 79.1 Å². The van der Waals surface area contributed by atoms with E-state index >= 15 is 8.78 Å². The number of alkyl halides is 2. The largest absolute Gasteiger partial charge is 0.377 e. The van der Waals surface area contributed by atoms with Gasteiger partial charge < -0.3 is 19.6 Å². The van der Waals surface area contributed by atoms with Crippen molar-refractivity contribution >= 4 is 17.6 Å². The van der Waals surface area contributed by atoms with Gasteiger partial charge in [-0.1, -0.05) is 55.5 Å². The van der Waals surface area contributed by atoms with E-state index in [-0.39, 0.29) is 24.4 Å². The fourth-order valence-corrected chi connectivity index (χ4v) is 8.21. The van der Waals surface area contributed by atoms with E-state index in [1.807, 2.05) is 92.7 Å². The van der Waals surface area contributed by atoms with Gasteiger partial charge in [0.1, 0.15) is 23.7 Å². The summed E-state index contributed by atoms with van der Waals surface area (Å²) in [6, 6.07) is 30.1. The molecule has 0 amide bonds. The molecular formula is C47H48F4N8O3. The highest BCUT2D eigenvalue weighted by Crippen LogP contribution is 2.46. The van der Waals surface area contributed by atoms with E-state index in [0.29, 0.717) is 31.1 Å². The zero-order valence-corrected chi connectivity index (χ0v) is 34.5. The molecule has 322 valence electrons. The number of aliphatic hydroxyl groups is 1. The molecular weight excluding hydrogens is 801 g/mol. The zero-order chi connectivity index (χ0) is 43.4. The molecule has 0 spiro atoms. The predicted molar refractivity (Wildman–Crippen MR) is 231 cm³/mol. The number of nitrogens with zero attached hydrogens (tertiary/aromatic N) is 8. The van der Waals surface area contributed by atoms with Crippen LogP contribution in [0, 0.1) is 11.6 Å². The quantitative estimate of drug-likeness (QED) is 0.104. The summed E-state index contributed by atoms with van der Waals surface area (Å²) in [6.45, 7) is 7.06. The molecule has 1 fully saturated rings. The lowest BCUT2D eigenvalue weighted by Crippen LogP contribution is -2.51. The standard InChI is InChI=1S/C47H48F4N8O3/c1-3-43(33(2)62-30-34-8-5-4-6-9-34)59-45(60)58(32-54-59)40-18-16-39(17-19-40)56-26-24-55(25-27-56)38-14-10-35(11-15-38)36-12-21-44(52-29-36)47(50,51)46(61,31-57-23-7-22-53-57)41-20-13-37(48)28-42(41)49/h4-6,8-22,28-29,32-33,43,61H,3,7,23-27,30-31H2,1-2H3/t33-,43-,46?/m0/s1. The second-order valence-corrected chi connectivity index (χ2v) is 15.7. The van der Waals surface area contributed by atoms with E-state index in [1.165, 1.54) is 28.2 Å². The average Bonchev–Trinajstić information content (AvgIpc) is 3.95. The number of piperazine rings is 1. The summed E-state index contributed by atoms with van der Waals surface area (Å²) in [5.41, 5.74) is 0.353. The smallest absolute Gasteiger partial charge is 0.350 e. The third-order valence-electron chi connectivity index (χ3n) is 11.8. The SMILES string of the molecule is CC[C@@H]([C@H](C)OCc1ccccc1)n1ncn(-c2ccc(N3CCN(c4ccc(-c5ccc(C(F)(F)C(O)(CN6CCC=N6)c6ccc(F)cc6F)nc5)cc4)CC3)cc2)c1=O. The number of anilines is 2. The van der Waals surface area contributed by atoms with E-state index in [0.717, 1.165) is 72.6 Å². The first-order chi connectivity index (χ1) is 29.9. The Kier molecular flexibility index (Phi) is 12.3. The zero-order valence-electron chi connectivity index (χ0n) is 34.5. The molecule has 1 saturated heterocycles. The number of ether oxygens (including phenoxy) is 1.